The highest BCUT2D eigenvalue weighted by Gasteiger charge is 2.43. The van der Waals surface area contributed by atoms with Crippen molar-refractivity contribution in [2.24, 2.45) is 5.92 Å². The van der Waals surface area contributed by atoms with Crippen LogP contribution >= 0.6 is 23.4 Å². The van der Waals surface area contributed by atoms with Crippen LogP contribution < -0.4 is 5.32 Å². The maximum atomic E-state index is 12.5. The first-order valence-electron chi connectivity index (χ1n) is 8.69. The molecular weight excluding hydrogens is 398 g/mol. The van der Waals surface area contributed by atoms with E-state index in [2.05, 4.69) is 16.4 Å². The number of ether oxygens (including phenoxy) is 1. The Morgan fingerprint density at radius 3 is 2.71 bits per heavy atom. The molecule has 1 aliphatic carbocycles. The number of nitrogens with one attached hydrogen (secondary N) is 1. The van der Waals surface area contributed by atoms with Crippen molar-refractivity contribution in [3.05, 3.63) is 53.2 Å². The van der Waals surface area contributed by atoms with Gasteiger partial charge in [-0.2, -0.15) is 5.26 Å². The first-order chi connectivity index (χ1) is 13.4. The molecule has 1 saturated carbocycles. The zero-order valence-electron chi connectivity index (χ0n) is 15.1. The molecule has 0 saturated heterocycles. The summed E-state index contributed by atoms with van der Waals surface area (Å²) >= 11 is 7.19. The fraction of sp³-hybridized carbons (Fsp3) is 0.300. The number of carbonyl (C=O) groups excluding carboxylic acids is 2. The number of carbonyl (C=O) groups is 2. The number of amides is 1. The Labute approximate surface area is 172 Å². The molecule has 2 aromatic rings. The molecule has 1 aromatic carbocycles. The Hall–Kier alpha value is -2.56. The molecule has 0 radical (unpaired) electrons. The number of benzene rings is 1. The molecule has 1 heterocycles. The number of hydrogen-bond donors (Lipinski definition) is 1. The fourth-order valence-corrected chi connectivity index (χ4v) is 3.65. The van der Waals surface area contributed by atoms with Gasteiger partial charge < -0.3 is 10.1 Å². The summed E-state index contributed by atoms with van der Waals surface area (Å²) in [6.07, 6.45) is 3.39. The number of aromatic nitrogens is 1. The maximum Gasteiger partial charge on any atom is 0.341 e. The molecular formula is C20H18ClN3O3S. The van der Waals surface area contributed by atoms with Crippen LogP contribution in [0.5, 0.6) is 0 Å². The molecule has 28 heavy (non-hydrogen) atoms. The van der Waals surface area contributed by atoms with E-state index in [1.165, 1.54) is 11.8 Å². The van der Waals surface area contributed by atoms with Crippen LogP contribution in [-0.4, -0.2) is 29.0 Å². The highest BCUT2D eigenvalue weighted by Crippen LogP contribution is 2.39. The minimum atomic E-state index is -0.923. The number of pyridine rings is 1. The minimum Gasteiger partial charge on any atom is -0.452 e. The van der Waals surface area contributed by atoms with E-state index >= 15 is 0 Å². The highest BCUT2D eigenvalue weighted by atomic mass is 35.5. The van der Waals surface area contributed by atoms with Gasteiger partial charge in [0.15, 0.2) is 6.61 Å². The van der Waals surface area contributed by atoms with Crippen LogP contribution in [-0.2, 0) is 9.53 Å². The Balaban J connectivity index is 1.62. The van der Waals surface area contributed by atoms with Crippen molar-refractivity contribution in [1.82, 2.24) is 10.3 Å². The van der Waals surface area contributed by atoms with Crippen LogP contribution in [0.3, 0.4) is 0 Å². The van der Waals surface area contributed by atoms with Gasteiger partial charge in [-0.15, -0.1) is 0 Å². The van der Waals surface area contributed by atoms with Gasteiger partial charge in [0.1, 0.15) is 10.6 Å². The molecule has 1 fully saturated rings. The van der Waals surface area contributed by atoms with E-state index in [1.807, 2.05) is 12.1 Å². The molecule has 144 valence electrons. The van der Waals surface area contributed by atoms with Crippen molar-refractivity contribution in [3.63, 3.8) is 0 Å². The second-order valence-corrected chi connectivity index (χ2v) is 8.12. The Morgan fingerprint density at radius 2 is 2.07 bits per heavy atom. The third-order valence-corrected chi connectivity index (χ3v) is 5.66. The van der Waals surface area contributed by atoms with Crippen molar-refractivity contribution in [2.45, 2.75) is 35.2 Å². The lowest BCUT2D eigenvalue weighted by Crippen LogP contribution is -2.48. The molecule has 6 nitrogen and oxygen atoms in total. The smallest absolute Gasteiger partial charge is 0.341 e. The molecule has 3 rings (SSSR count). The zero-order chi connectivity index (χ0) is 20.1. The lowest BCUT2D eigenvalue weighted by molar-refractivity contribution is -0.125. The molecule has 8 heteroatoms. The zero-order valence-corrected chi connectivity index (χ0v) is 16.7. The lowest BCUT2D eigenvalue weighted by Gasteiger charge is -2.22. The van der Waals surface area contributed by atoms with Crippen molar-refractivity contribution in [1.29, 1.82) is 5.26 Å². The van der Waals surface area contributed by atoms with E-state index in [-0.39, 0.29) is 11.5 Å². The molecule has 0 aliphatic heterocycles. The van der Waals surface area contributed by atoms with Gasteiger partial charge in [-0.25, -0.2) is 9.78 Å². The summed E-state index contributed by atoms with van der Waals surface area (Å²) in [5, 5.41) is 13.0. The average molecular weight is 416 g/mol. The van der Waals surface area contributed by atoms with Gasteiger partial charge >= 0.3 is 5.97 Å². The second kappa shape index (κ2) is 8.63. The number of nitrogens with zero attached hydrogens (tertiary/aromatic N) is 2. The third kappa shape index (κ3) is 5.03. The van der Waals surface area contributed by atoms with Crippen LogP contribution in [0.2, 0.25) is 5.02 Å². The number of esters is 1. The number of halogens is 1. The first kappa shape index (κ1) is 20.2. The van der Waals surface area contributed by atoms with E-state index in [0.29, 0.717) is 10.0 Å². The molecule has 0 spiro atoms. The lowest BCUT2D eigenvalue weighted by atomic mass is 9.98. The van der Waals surface area contributed by atoms with Gasteiger partial charge in [0, 0.05) is 16.1 Å². The van der Waals surface area contributed by atoms with Gasteiger partial charge in [0.2, 0.25) is 0 Å². The predicted octanol–water partition coefficient (Wildman–Crippen LogP) is 3.85. The van der Waals surface area contributed by atoms with Crippen LogP contribution in [0.15, 0.2) is 52.5 Å². The van der Waals surface area contributed by atoms with Crippen molar-refractivity contribution >= 4 is 35.2 Å². The number of rotatable bonds is 7. The summed E-state index contributed by atoms with van der Waals surface area (Å²) in [6, 6.07) is 12.5. The fourth-order valence-electron chi connectivity index (χ4n) is 2.66. The summed E-state index contributed by atoms with van der Waals surface area (Å²) in [7, 11) is 0. The maximum absolute atomic E-state index is 12.5. The predicted molar refractivity (Wildman–Crippen MR) is 105 cm³/mol. The van der Waals surface area contributed by atoms with E-state index in [1.54, 1.807) is 37.4 Å². The van der Waals surface area contributed by atoms with Crippen molar-refractivity contribution in [2.75, 3.05) is 6.61 Å². The summed E-state index contributed by atoms with van der Waals surface area (Å²) in [5.74, 6) is -0.997. The second-order valence-electron chi connectivity index (χ2n) is 6.62. The largest absolute Gasteiger partial charge is 0.452 e. The van der Waals surface area contributed by atoms with Crippen LogP contribution in [0, 0.1) is 17.2 Å². The van der Waals surface area contributed by atoms with Gasteiger partial charge in [-0.1, -0.05) is 23.4 Å². The summed E-state index contributed by atoms with van der Waals surface area (Å²) < 4.78 is 5.14. The van der Waals surface area contributed by atoms with Crippen LogP contribution in [0.4, 0.5) is 0 Å². The molecule has 1 atom stereocenters. The molecule has 1 aliphatic rings. The molecule has 1 amide bonds. The Kier molecular flexibility index (Phi) is 6.22. The summed E-state index contributed by atoms with van der Waals surface area (Å²) in [5.41, 5.74) is -0.659. The van der Waals surface area contributed by atoms with Gasteiger partial charge in [-0.3, -0.25) is 4.79 Å². The van der Waals surface area contributed by atoms with Crippen LogP contribution in [0.1, 0.15) is 30.1 Å². The average Bonchev–Trinajstić information content (AvgIpc) is 3.54. The Bertz CT molecular complexity index is 925. The van der Waals surface area contributed by atoms with Crippen molar-refractivity contribution in [3.8, 4) is 6.07 Å². The van der Waals surface area contributed by atoms with Gasteiger partial charge in [0.25, 0.3) is 5.91 Å². The molecule has 1 N–H and O–H groups in total. The monoisotopic (exact) mass is 415 g/mol. The molecule has 1 aromatic heterocycles. The van der Waals surface area contributed by atoms with Gasteiger partial charge in [0.05, 0.1) is 11.6 Å². The number of nitriles is 1. The van der Waals surface area contributed by atoms with E-state index in [0.717, 1.165) is 17.7 Å². The molecule has 0 unspecified atom stereocenters. The van der Waals surface area contributed by atoms with E-state index in [9.17, 15) is 14.9 Å². The first-order valence-corrected chi connectivity index (χ1v) is 9.88. The van der Waals surface area contributed by atoms with Crippen LogP contribution in [0.25, 0.3) is 0 Å². The van der Waals surface area contributed by atoms with E-state index < -0.39 is 24.0 Å². The standard InChI is InChI=1S/C20H18ClN3O3S/c1-20(12-22,13-4-5-13)24-17(25)11-27-19(26)16-3-2-10-23-18(16)28-15-8-6-14(21)7-9-15/h2-3,6-10,13H,4-5,11H2,1H3,(H,24,25)/t20-/m0/s1. The quantitative estimate of drug-likeness (QED) is 0.690. The summed E-state index contributed by atoms with van der Waals surface area (Å²) in [6.45, 7) is 1.23. The van der Waals surface area contributed by atoms with Gasteiger partial charge in [-0.05, 0) is 62.1 Å². The van der Waals surface area contributed by atoms with E-state index in [4.69, 9.17) is 16.3 Å². The summed E-state index contributed by atoms with van der Waals surface area (Å²) in [4.78, 5) is 29.7. The topological polar surface area (TPSA) is 92.1 Å². The third-order valence-electron chi connectivity index (χ3n) is 4.38. The minimum absolute atomic E-state index is 0.151. The van der Waals surface area contributed by atoms with Crippen molar-refractivity contribution < 1.29 is 14.3 Å². The normalized spacial score (nSPS) is 15.2. The highest BCUT2D eigenvalue weighted by molar-refractivity contribution is 7.99. The Morgan fingerprint density at radius 1 is 1.36 bits per heavy atom. The SMILES string of the molecule is C[C@@](C#N)(NC(=O)COC(=O)c1cccnc1Sc1ccc(Cl)cc1)C1CC1. The molecule has 0 bridgehead atoms. The number of hydrogen-bond acceptors (Lipinski definition) is 6.